The van der Waals surface area contributed by atoms with Gasteiger partial charge in [-0.3, -0.25) is 9.59 Å². The number of carbonyl (C=O) groups excluding carboxylic acids is 1. The first kappa shape index (κ1) is 34.4. The number of carboxylic acids is 1. The minimum Gasteiger partial charge on any atom is -0.481 e. The number of benzene rings is 3. The number of rotatable bonds is 7. The second-order valence-corrected chi connectivity index (χ2v) is 14.3. The molecule has 1 heterocycles. The maximum Gasteiger partial charge on any atom is 0.435 e. The van der Waals surface area contributed by atoms with Gasteiger partial charge in [-0.25, -0.2) is 12.8 Å². The molecule has 2 fully saturated rings. The number of likely N-dealkylation sites (tertiary alicyclic amines) is 1. The van der Waals surface area contributed by atoms with Crippen LogP contribution in [0.4, 0.5) is 30.7 Å². The van der Waals surface area contributed by atoms with Crippen LogP contribution in [0.1, 0.15) is 43.2 Å². The number of sulfone groups is 1. The third-order valence-electron chi connectivity index (χ3n) is 9.33. The highest BCUT2D eigenvalue weighted by atomic mass is 32.2. The highest BCUT2D eigenvalue weighted by Crippen LogP contribution is 2.54. The number of hydrogen-bond donors (Lipinski definition) is 1. The van der Waals surface area contributed by atoms with Crippen molar-refractivity contribution < 1.29 is 53.8 Å². The molecule has 0 spiro atoms. The maximum atomic E-state index is 14.8. The highest BCUT2D eigenvalue weighted by molar-refractivity contribution is 7.92. The van der Waals surface area contributed by atoms with Gasteiger partial charge in [-0.1, -0.05) is 66.7 Å². The first-order valence-electron chi connectivity index (χ1n) is 14.8. The molecule has 1 saturated carbocycles. The molecule has 47 heavy (non-hydrogen) atoms. The smallest absolute Gasteiger partial charge is 0.435 e. The van der Waals surface area contributed by atoms with Gasteiger partial charge in [0.25, 0.3) is 0 Å². The van der Waals surface area contributed by atoms with Crippen molar-refractivity contribution in [1.82, 2.24) is 4.90 Å². The summed E-state index contributed by atoms with van der Waals surface area (Å²) in [5.41, 5.74) is -6.47. The summed E-state index contributed by atoms with van der Waals surface area (Å²) in [6.45, 7) is -0.573. The predicted octanol–water partition coefficient (Wildman–Crippen LogP) is 7.44. The van der Waals surface area contributed by atoms with E-state index in [0.717, 1.165) is 12.1 Å². The molecule has 1 N–H and O–H groups in total. The molecule has 0 radical (unpaired) electrons. The van der Waals surface area contributed by atoms with E-state index in [1.807, 2.05) is 0 Å². The minimum absolute atomic E-state index is 0.102. The zero-order valence-electron chi connectivity index (χ0n) is 24.7. The molecule has 1 saturated heterocycles. The van der Waals surface area contributed by atoms with Gasteiger partial charge in [-0.15, -0.1) is 0 Å². The van der Waals surface area contributed by atoms with Gasteiger partial charge >= 0.3 is 24.0 Å². The van der Waals surface area contributed by atoms with Gasteiger partial charge in [0.05, 0.1) is 10.8 Å². The average Bonchev–Trinajstić information content (AvgIpc) is 3.51. The normalized spacial score (nSPS) is 22.7. The van der Waals surface area contributed by atoms with Crippen molar-refractivity contribution in [3.8, 4) is 11.1 Å². The summed E-state index contributed by atoms with van der Waals surface area (Å²) in [5, 5.41) is 9.31. The van der Waals surface area contributed by atoms with Crippen LogP contribution < -0.4 is 0 Å². The number of amides is 1. The van der Waals surface area contributed by atoms with Crippen LogP contribution in [0.25, 0.3) is 11.1 Å². The lowest BCUT2D eigenvalue weighted by Gasteiger charge is -2.33. The SMILES string of the molecule is O=C(O)[C@H]1CC[C@H](C(=O)N2CCC(c3ccc(C(F)(C(F)(F)F)C(F)(F)F)cc3)(S(=O)(=O)c3cccc(-c4ccccc4)c3)C2)CC1. The fraction of sp³-hybridized carbons (Fsp3) is 0.394. The Morgan fingerprint density at radius 2 is 1.30 bits per heavy atom. The molecule has 3 aromatic carbocycles. The number of alkyl halides is 7. The van der Waals surface area contributed by atoms with E-state index < -0.39 is 68.4 Å². The summed E-state index contributed by atoms with van der Waals surface area (Å²) in [6, 6.07) is 16.7. The average molecular weight is 686 g/mol. The van der Waals surface area contributed by atoms with Crippen molar-refractivity contribution in [1.29, 1.82) is 0 Å². The Balaban J connectivity index is 1.57. The molecule has 252 valence electrons. The van der Waals surface area contributed by atoms with Crippen LogP contribution in [-0.4, -0.2) is 55.7 Å². The van der Waals surface area contributed by atoms with Crippen LogP contribution in [0.5, 0.6) is 0 Å². The van der Waals surface area contributed by atoms with Crippen LogP contribution in [-0.2, 0) is 29.8 Å². The van der Waals surface area contributed by atoms with Crippen LogP contribution >= 0.6 is 0 Å². The van der Waals surface area contributed by atoms with Crippen molar-refractivity contribution in [3.05, 3.63) is 90.0 Å². The predicted molar refractivity (Wildman–Crippen MR) is 156 cm³/mol. The molecule has 3 aromatic rings. The number of hydrogen-bond acceptors (Lipinski definition) is 4. The van der Waals surface area contributed by atoms with Gasteiger partial charge in [0, 0.05) is 24.6 Å². The zero-order chi connectivity index (χ0) is 34.4. The maximum absolute atomic E-state index is 14.8. The summed E-state index contributed by atoms with van der Waals surface area (Å²) in [6.07, 6.45) is -11.9. The Labute approximate surface area is 266 Å². The molecule has 1 atom stereocenters. The number of carbonyl (C=O) groups is 2. The number of carboxylic acid groups (broad SMARTS) is 1. The van der Waals surface area contributed by atoms with Gasteiger partial charge in [-0.2, -0.15) is 26.3 Å². The van der Waals surface area contributed by atoms with Crippen molar-refractivity contribution in [2.24, 2.45) is 11.8 Å². The summed E-state index contributed by atoms with van der Waals surface area (Å²) in [5.74, 6) is -2.59. The fourth-order valence-corrected chi connectivity index (χ4v) is 8.74. The number of halogens is 7. The lowest BCUT2D eigenvalue weighted by atomic mass is 9.81. The van der Waals surface area contributed by atoms with Gasteiger partial charge in [-0.05, 0) is 60.9 Å². The number of nitrogens with zero attached hydrogens (tertiary/aromatic N) is 1. The molecule has 6 nitrogen and oxygen atoms in total. The molecule has 14 heteroatoms. The molecule has 2 aliphatic rings. The molecule has 1 aliphatic carbocycles. The summed E-state index contributed by atoms with van der Waals surface area (Å²) in [7, 11) is -4.52. The Morgan fingerprint density at radius 1 is 0.745 bits per heavy atom. The Hall–Kier alpha value is -3.94. The van der Waals surface area contributed by atoms with E-state index in [2.05, 4.69) is 0 Å². The quantitative estimate of drug-likeness (QED) is 0.261. The van der Waals surface area contributed by atoms with Crippen molar-refractivity contribution >= 4 is 21.7 Å². The third kappa shape index (κ3) is 6.00. The van der Waals surface area contributed by atoms with E-state index in [4.69, 9.17) is 0 Å². The summed E-state index contributed by atoms with van der Waals surface area (Å²) in [4.78, 5) is 26.1. The summed E-state index contributed by atoms with van der Waals surface area (Å²) >= 11 is 0. The van der Waals surface area contributed by atoms with Crippen LogP contribution in [0.2, 0.25) is 0 Å². The van der Waals surface area contributed by atoms with Crippen LogP contribution in [0.3, 0.4) is 0 Å². The van der Waals surface area contributed by atoms with E-state index >= 15 is 0 Å². The molecule has 5 rings (SSSR count). The molecule has 0 bridgehead atoms. The Bertz CT molecular complexity index is 1720. The standard InChI is InChI=1S/C33H30F7NO5S/c34-31(32(35,36)37,33(38,39)40)26-15-13-25(14-16-26)30(17-18-41(20-30)28(42)22-9-11-23(12-10-22)29(43)44)47(45,46)27-8-4-7-24(19-27)21-5-2-1-3-6-21/h1-8,13-16,19,22-23H,9-12,17-18,20H2,(H,43,44)/t22-,23-,30?. The zero-order valence-corrected chi connectivity index (χ0v) is 25.5. The molecule has 1 aliphatic heterocycles. The minimum atomic E-state index is -6.36. The van der Waals surface area contributed by atoms with Gasteiger partial charge in [0.15, 0.2) is 9.84 Å². The van der Waals surface area contributed by atoms with E-state index in [1.54, 1.807) is 36.4 Å². The van der Waals surface area contributed by atoms with Gasteiger partial charge in [0.2, 0.25) is 5.91 Å². The van der Waals surface area contributed by atoms with Gasteiger partial charge < -0.3 is 10.0 Å². The lowest BCUT2D eigenvalue weighted by Crippen LogP contribution is -2.50. The largest absolute Gasteiger partial charge is 0.481 e. The molecular weight excluding hydrogens is 655 g/mol. The van der Waals surface area contributed by atoms with E-state index in [1.165, 1.54) is 23.1 Å². The second-order valence-electron chi connectivity index (χ2n) is 12.0. The number of aliphatic carboxylic acids is 1. The third-order valence-corrected chi connectivity index (χ3v) is 11.8. The first-order valence-corrected chi connectivity index (χ1v) is 16.3. The molecule has 1 amide bonds. The topological polar surface area (TPSA) is 91.8 Å². The van der Waals surface area contributed by atoms with Crippen LogP contribution in [0, 0.1) is 11.8 Å². The van der Waals surface area contributed by atoms with Crippen molar-refractivity contribution in [3.63, 3.8) is 0 Å². The monoisotopic (exact) mass is 685 g/mol. The van der Waals surface area contributed by atoms with E-state index in [-0.39, 0.29) is 61.2 Å². The van der Waals surface area contributed by atoms with Crippen LogP contribution in [0.15, 0.2) is 83.8 Å². The molecule has 1 unspecified atom stereocenters. The van der Waals surface area contributed by atoms with Gasteiger partial charge in [0.1, 0.15) is 4.75 Å². The fourth-order valence-electron chi connectivity index (χ4n) is 6.62. The summed E-state index contributed by atoms with van der Waals surface area (Å²) < 4.78 is 123. The molecule has 0 aromatic heterocycles. The first-order chi connectivity index (χ1) is 21.9. The van der Waals surface area contributed by atoms with E-state index in [0.29, 0.717) is 11.1 Å². The van der Waals surface area contributed by atoms with Crippen molar-refractivity contribution in [2.45, 2.75) is 59.8 Å². The van der Waals surface area contributed by atoms with Crippen molar-refractivity contribution in [2.75, 3.05) is 13.1 Å². The molecular formula is C33H30F7NO5S. The Morgan fingerprint density at radius 3 is 1.85 bits per heavy atom. The Kier molecular flexibility index (Phi) is 8.97. The lowest BCUT2D eigenvalue weighted by molar-refractivity contribution is -0.348. The second kappa shape index (κ2) is 12.3. The van der Waals surface area contributed by atoms with E-state index in [9.17, 15) is 53.8 Å². The highest BCUT2D eigenvalue weighted by Gasteiger charge is 2.73.